The molecule has 0 aliphatic rings. The Labute approximate surface area is 92.4 Å². The van der Waals surface area contributed by atoms with Crippen LogP contribution in [-0.2, 0) is 6.54 Å². The van der Waals surface area contributed by atoms with Crippen LogP contribution in [0.1, 0.15) is 5.56 Å². The van der Waals surface area contributed by atoms with Crippen molar-refractivity contribution in [2.75, 3.05) is 12.8 Å². The molecule has 0 unspecified atom stereocenters. The Morgan fingerprint density at radius 2 is 2.06 bits per heavy atom. The fourth-order valence-electron chi connectivity index (χ4n) is 1.49. The predicted octanol–water partition coefficient (Wildman–Crippen LogP) is 0.816. The van der Waals surface area contributed by atoms with E-state index in [4.69, 9.17) is 10.5 Å². The lowest BCUT2D eigenvalue weighted by atomic mass is 10.2. The summed E-state index contributed by atoms with van der Waals surface area (Å²) in [5.74, 6) is 1.17. The molecule has 16 heavy (non-hydrogen) atoms. The normalized spacial score (nSPS) is 10.3. The molecule has 5 nitrogen and oxygen atoms in total. The van der Waals surface area contributed by atoms with E-state index in [0.717, 1.165) is 11.3 Å². The summed E-state index contributed by atoms with van der Waals surface area (Å²) in [6.45, 7) is 0.472. The van der Waals surface area contributed by atoms with E-state index < -0.39 is 0 Å². The van der Waals surface area contributed by atoms with Gasteiger partial charge in [-0.1, -0.05) is 12.1 Å². The summed E-state index contributed by atoms with van der Waals surface area (Å²) in [6, 6.07) is 8.88. The Balaban J connectivity index is 2.20. The molecule has 2 aromatic rings. The summed E-state index contributed by atoms with van der Waals surface area (Å²) in [5.41, 5.74) is 6.36. The van der Waals surface area contributed by atoms with E-state index in [9.17, 15) is 4.79 Å². The maximum atomic E-state index is 11.4. The Bertz CT molecular complexity index is 525. The fraction of sp³-hybridized carbons (Fsp3) is 0.182. The highest BCUT2D eigenvalue weighted by Gasteiger charge is 2.01. The van der Waals surface area contributed by atoms with Crippen molar-refractivity contribution in [3.8, 4) is 5.75 Å². The van der Waals surface area contributed by atoms with Gasteiger partial charge in [0.2, 0.25) is 0 Å². The quantitative estimate of drug-likeness (QED) is 0.802. The molecule has 0 bridgehead atoms. The molecule has 0 amide bonds. The molecule has 0 aliphatic heterocycles. The first-order valence-electron chi connectivity index (χ1n) is 4.87. The minimum atomic E-state index is -0.131. The molecule has 5 heteroatoms. The summed E-state index contributed by atoms with van der Waals surface area (Å²) >= 11 is 0. The van der Waals surface area contributed by atoms with Crippen molar-refractivity contribution < 1.29 is 4.74 Å². The van der Waals surface area contributed by atoms with Gasteiger partial charge in [-0.2, -0.15) is 0 Å². The maximum Gasteiger partial charge on any atom is 0.268 e. The van der Waals surface area contributed by atoms with Crippen LogP contribution in [0.4, 0.5) is 5.82 Å². The van der Waals surface area contributed by atoms with Gasteiger partial charge in [-0.05, 0) is 17.7 Å². The molecule has 1 heterocycles. The van der Waals surface area contributed by atoms with Crippen LogP contribution in [-0.4, -0.2) is 16.9 Å². The van der Waals surface area contributed by atoms with Crippen LogP contribution in [0.15, 0.2) is 35.1 Å². The largest absolute Gasteiger partial charge is 0.497 e. The van der Waals surface area contributed by atoms with Crippen LogP contribution in [0, 0.1) is 0 Å². The maximum absolute atomic E-state index is 11.4. The molecule has 1 aromatic heterocycles. The van der Waals surface area contributed by atoms with Crippen molar-refractivity contribution in [3.05, 3.63) is 46.2 Å². The first-order chi connectivity index (χ1) is 7.69. The number of nitrogen functional groups attached to an aromatic ring is 1. The highest BCUT2D eigenvalue weighted by atomic mass is 16.5. The zero-order valence-corrected chi connectivity index (χ0v) is 8.93. The minimum absolute atomic E-state index is 0.131. The van der Waals surface area contributed by atoms with Gasteiger partial charge in [-0.25, -0.2) is 4.68 Å². The van der Waals surface area contributed by atoms with Crippen LogP contribution in [0.25, 0.3) is 0 Å². The van der Waals surface area contributed by atoms with Crippen molar-refractivity contribution in [2.24, 2.45) is 0 Å². The number of rotatable bonds is 3. The van der Waals surface area contributed by atoms with E-state index in [1.807, 2.05) is 24.3 Å². The van der Waals surface area contributed by atoms with E-state index in [0.29, 0.717) is 12.4 Å². The molecular weight excluding hydrogens is 206 g/mol. The molecule has 0 saturated heterocycles. The summed E-state index contributed by atoms with van der Waals surface area (Å²) in [6.07, 6.45) is 0. The van der Waals surface area contributed by atoms with Gasteiger partial charge in [-0.3, -0.25) is 9.89 Å². The SMILES string of the molecule is COc1ccc(Cn2[nH]c(N)cc2=O)cc1. The Kier molecular flexibility index (Phi) is 2.68. The van der Waals surface area contributed by atoms with Crippen LogP contribution in [0.3, 0.4) is 0 Å². The Morgan fingerprint density at radius 3 is 2.56 bits per heavy atom. The zero-order valence-electron chi connectivity index (χ0n) is 8.93. The third kappa shape index (κ3) is 2.08. The monoisotopic (exact) mass is 219 g/mol. The van der Waals surface area contributed by atoms with Gasteiger partial charge in [0.15, 0.2) is 0 Å². The number of nitrogens with zero attached hydrogens (tertiary/aromatic N) is 1. The van der Waals surface area contributed by atoms with Gasteiger partial charge in [0.05, 0.1) is 13.7 Å². The first kappa shape index (κ1) is 10.4. The van der Waals surface area contributed by atoms with E-state index in [-0.39, 0.29) is 5.56 Å². The molecule has 0 aliphatic carbocycles. The number of benzene rings is 1. The van der Waals surface area contributed by atoms with Crippen molar-refractivity contribution in [2.45, 2.75) is 6.54 Å². The smallest absolute Gasteiger partial charge is 0.268 e. The topological polar surface area (TPSA) is 73.0 Å². The molecule has 0 radical (unpaired) electrons. The van der Waals surface area contributed by atoms with Crippen molar-refractivity contribution >= 4 is 5.82 Å². The molecule has 0 atom stereocenters. The highest BCUT2D eigenvalue weighted by molar-refractivity contribution is 5.28. The zero-order chi connectivity index (χ0) is 11.5. The van der Waals surface area contributed by atoms with Gasteiger partial charge >= 0.3 is 0 Å². The van der Waals surface area contributed by atoms with Gasteiger partial charge in [0.25, 0.3) is 5.56 Å². The third-order valence-corrected chi connectivity index (χ3v) is 2.31. The molecular formula is C11H13N3O2. The van der Waals surface area contributed by atoms with E-state index in [2.05, 4.69) is 5.10 Å². The minimum Gasteiger partial charge on any atom is -0.497 e. The van der Waals surface area contributed by atoms with Crippen LogP contribution >= 0.6 is 0 Å². The summed E-state index contributed by atoms with van der Waals surface area (Å²) in [7, 11) is 1.62. The number of methoxy groups -OCH3 is 1. The number of aromatic nitrogens is 2. The molecule has 0 fully saturated rings. The molecule has 1 aromatic carbocycles. The second-order valence-corrected chi connectivity index (χ2v) is 3.48. The number of nitrogens with two attached hydrogens (primary N) is 1. The molecule has 2 rings (SSSR count). The average Bonchev–Trinajstić information content (AvgIpc) is 2.59. The number of aromatic amines is 1. The Hall–Kier alpha value is -2.17. The second kappa shape index (κ2) is 4.14. The number of hydrogen-bond donors (Lipinski definition) is 2. The number of hydrogen-bond acceptors (Lipinski definition) is 3. The van der Waals surface area contributed by atoms with Gasteiger partial charge < -0.3 is 10.5 Å². The van der Waals surface area contributed by atoms with E-state index >= 15 is 0 Å². The molecule has 84 valence electrons. The lowest BCUT2D eigenvalue weighted by Gasteiger charge is -2.03. The highest BCUT2D eigenvalue weighted by Crippen LogP contribution is 2.11. The standard InChI is InChI=1S/C11H13N3O2/c1-16-9-4-2-8(3-5-9)7-14-11(15)6-10(12)13-14/h2-6,13H,7,12H2,1H3. The molecule has 0 saturated carbocycles. The fourth-order valence-corrected chi connectivity index (χ4v) is 1.49. The first-order valence-corrected chi connectivity index (χ1v) is 4.87. The van der Waals surface area contributed by atoms with Gasteiger partial charge in [0.1, 0.15) is 11.6 Å². The summed E-state index contributed by atoms with van der Waals surface area (Å²) in [4.78, 5) is 11.4. The summed E-state index contributed by atoms with van der Waals surface area (Å²) < 4.78 is 6.51. The van der Waals surface area contributed by atoms with Crippen molar-refractivity contribution in [3.63, 3.8) is 0 Å². The molecule has 0 spiro atoms. The van der Waals surface area contributed by atoms with Gasteiger partial charge in [-0.15, -0.1) is 0 Å². The van der Waals surface area contributed by atoms with Crippen LogP contribution < -0.4 is 16.0 Å². The molecule has 3 N–H and O–H groups in total. The van der Waals surface area contributed by atoms with E-state index in [1.54, 1.807) is 7.11 Å². The predicted molar refractivity (Wildman–Crippen MR) is 61.6 cm³/mol. The Morgan fingerprint density at radius 1 is 1.38 bits per heavy atom. The third-order valence-electron chi connectivity index (χ3n) is 2.31. The van der Waals surface area contributed by atoms with Gasteiger partial charge in [0, 0.05) is 6.07 Å². The van der Waals surface area contributed by atoms with Crippen LogP contribution in [0.2, 0.25) is 0 Å². The summed E-state index contributed by atoms with van der Waals surface area (Å²) in [5, 5.41) is 2.77. The number of nitrogens with one attached hydrogen (secondary N) is 1. The number of ether oxygens (including phenoxy) is 1. The van der Waals surface area contributed by atoms with Crippen LogP contribution in [0.5, 0.6) is 5.75 Å². The van der Waals surface area contributed by atoms with Crippen molar-refractivity contribution in [1.29, 1.82) is 0 Å². The number of anilines is 1. The van der Waals surface area contributed by atoms with E-state index in [1.165, 1.54) is 10.7 Å². The average molecular weight is 219 g/mol. The second-order valence-electron chi connectivity index (χ2n) is 3.48. The lowest BCUT2D eigenvalue weighted by Crippen LogP contribution is -2.16. The van der Waals surface area contributed by atoms with Crippen molar-refractivity contribution in [1.82, 2.24) is 9.78 Å². The number of H-pyrrole nitrogens is 1. The lowest BCUT2D eigenvalue weighted by molar-refractivity contribution is 0.414.